The Morgan fingerprint density at radius 1 is 0.943 bits per heavy atom. The van der Waals surface area contributed by atoms with E-state index in [0.29, 0.717) is 28.5 Å². The lowest BCUT2D eigenvalue weighted by Gasteiger charge is -2.17. The zero-order chi connectivity index (χ0) is 24.9. The number of benzene rings is 3. The van der Waals surface area contributed by atoms with Gasteiger partial charge in [0.15, 0.2) is 23.9 Å². The summed E-state index contributed by atoms with van der Waals surface area (Å²) in [5.74, 6) is 0.167. The third kappa shape index (κ3) is 5.51. The van der Waals surface area contributed by atoms with Gasteiger partial charge in [-0.3, -0.25) is 14.4 Å². The molecule has 4 rings (SSSR count). The van der Waals surface area contributed by atoms with Crippen LogP contribution in [0.3, 0.4) is 0 Å². The molecule has 180 valence electrons. The van der Waals surface area contributed by atoms with E-state index in [1.807, 2.05) is 32.0 Å². The standard InChI is InChI=1S/C28H27NO6/c1-18-8-9-20(14-19(18)2)24(30)17-34-28(32)21-15-27(31)29(16-21)22-10-12-23(13-11-22)35-26-7-5-4-6-25(26)33-3/h4-14,21H,15-17H2,1-3H3/t21-/m0/s1. The van der Waals surface area contributed by atoms with E-state index in [4.69, 9.17) is 14.2 Å². The van der Waals surface area contributed by atoms with Gasteiger partial charge >= 0.3 is 5.97 Å². The summed E-state index contributed by atoms with van der Waals surface area (Å²) < 4.78 is 16.4. The number of para-hydroxylation sites is 2. The van der Waals surface area contributed by atoms with Gasteiger partial charge in [-0.15, -0.1) is 0 Å². The SMILES string of the molecule is COc1ccccc1Oc1ccc(N2C[C@@H](C(=O)OCC(=O)c3ccc(C)c(C)c3)CC2=O)cc1. The van der Waals surface area contributed by atoms with Crippen molar-refractivity contribution in [3.05, 3.63) is 83.4 Å². The lowest BCUT2D eigenvalue weighted by molar-refractivity contribution is -0.147. The monoisotopic (exact) mass is 473 g/mol. The van der Waals surface area contributed by atoms with Crippen molar-refractivity contribution in [3.63, 3.8) is 0 Å². The first-order valence-corrected chi connectivity index (χ1v) is 11.3. The number of ether oxygens (including phenoxy) is 3. The Morgan fingerprint density at radius 3 is 2.34 bits per heavy atom. The van der Waals surface area contributed by atoms with Gasteiger partial charge in [0, 0.05) is 24.2 Å². The Morgan fingerprint density at radius 2 is 1.66 bits per heavy atom. The topological polar surface area (TPSA) is 82.1 Å². The number of hydrogen-bond donors (Lipinski definition) is 0. The van der Waals surface area contributed by atoms with Crippen molar-refractivity contribution in [2.24, 2.45) is 5.92 Å². The molecule has 0 aliphatic carbocycles. The van der Waals surface area contributed by atoms with Crippen molar-refractivity contribution in [3.8, 4) is 17.2 Å². The summed E-state index contributed by atoms with van der Waals surface area (Å²) in [5.41, 5.74) is 3.24. The van der Waals surface area contributed by atoms with Crippen LogP contribution in [0.2, 0.25) is 0 Å². The van der Waals surface area contributed by atoms with E-state index >= 15 is 0 Å². The van der Waals surface area contributed by atoms with Crippen LogP contribution >= 0.6 is 0 Å². The second-order valence-electron chi connectivity index (χ2n) is 8.48. The van der Waals surface area contributed by atoms with Crippen molar-refractivity contribution in [2.75, 3.05) is 25.2 Å². The number of aryl methyl sites for hydroxylation is 2. The molecular weight excluding hydrogens is 446 g/mol. The zero-order valence-electron chi connectivity index (χ0n) is 19.9. The van der Waals surface area contributed by atoms with Crippen molar-refractivity contribution < 1.29 is 28.6 Å². The molecule has 1 amide bonds. The summed E-state index contributed by atoms with van der Waals surface area (Å²) >= 11 is 0. The first kappa shape index (κ1) is 24.0. The highest BCUT2D eigenvalue weighted by molar-refractivity contribution is 6.01. The Bertz CT molecular complexity index is 1250. The number of carbonyl (C=O) groups excluding carboxylic acids is 3. The first-order valence-electron chi connectivity index (χ1n) is 11.3. The number of hydrogen-bond acceptors (Lipinski definition) is 6. The number of esters is 1. The Labute approximate surface area is 204 Å². The maximum absolute atomic E-state index is 12.6. The van der Waals surface area contributed by atoms with E-state index in [0.717, 1.165) is 11.1 Å². The maximum atomic E-state index is 12.6. The van der Waals surface area contributed by atoms with Gasteiger partial charge in [0.25, 0.3) is 0 Å². The zero-order valence-corrected chi connectivity index (χ0v) is 19.9. The summed E-state index contributed by atoms with van der Waals surface area (Å²) in [6.45, 7) is 3.74. The first-order chi connectivity index (χ1) is 16.9. The average Bonchev–Trinajstić information content (AvgIpc) is 3.26. The van der Waals surface area contributed by atoms with E-state index in [9.17, 15) is 14.4 Å². The molecule has 1 heterocycles. The number of amides is 1. The minimum atomic E-state index is -0.625. The summed E-state index contributed by atoms with van der Waals surface area (Å²) in [6.07, 6.45) is 0.0378. The fourth-order valence-corrected chi connectivity index (χ4v) is 3.89. The number of ketones is 1. The molecule has 1 aliphatic rings. The summed E-state index contributed by atoms with van der Waals surface area (Å²) in [5, 5.41) is 0. The number of rotatable bonds is 8. The van der Waals surface area contributed by atoms with Crippen LogP contribution in [-0.4, -0.2) is 37.9 Å². The molecular formula is C28H27NO6. The molecule has 1 saturated heterocycles. The molecule has 0 bridgehead atoms. The average molecular weight is 474 g/mol. The van der Waals surface area contributed by atoms with E-state index in [2.05, 4.69) is 0 Å². The molecule has 1 atom stereocenters. The van der Waals surface area contributed by atoms with Crippen LogP contribution in [0.5, 0.6) is 17.2 Å². The van der Waals surface area contributed by atoms with Crippen molar-refractivity contribution >= 4 is 23.3 Å². The predicted molar refractivity (Wildman–Crippen MR) is 131 cm³/mol. The van der Waals surface area contributed by atoms with Crippen LogP contribution in [-0.2, 0) is 14.3 Å². The van der Waals surface area contributed by atoms with Gasteiger partial charge in [-0.05, 0) is 67.4 Å². The fourth-order valence-electron chi connectivity index (χ4n) is 3.89. The molecule has 0 saturated carbocycles. The van der Waals surface area contributed by atoms with Crippen molar-refractivity contribution in [1.82, 2.24) is 0 Å². The third-order valence-corrected chi connectivity index (χ3v) is 6.08. The van der Waals surface area contributed by atoms with Gasteiger partial charge in [-0.2, -0.15) is 0 Å². The number of nitrogens with zero attached hydrogens (tertiary/aromatic N) is 1. The largest absolute Gasteiger partial charge is 0.493 e. The Kier molecular flexibility index (Phi) is 7.15. The van der Waals surface area contributed by atoms with Crippen LogP contribution in [0.4, 0.5) is 5.69 Å². The van der Waals surface area contributed by atoms with Crippen molar-refractivity contribution in [2.45, 2.75) is 20.3 Å². The highest BCUT2D eigenvalue weighted by Gasteiger charge is 2.36. The number of anilines is 1. The Balaban J connectivity index is 1.34. The van der Waals surface area contributed by atoms with E-state index in [1.54, 1.807) is 60.5 Å². The molecule has 1 aliphatic heterocycles. The summed E-state index contributed by atoms with van der Waals surface area (Å²) in [6, 6.07) is 19.7. The second kappa shape index (κ2) is 10.4. The van der Waals surface area contributed by atoms with Gasteiger partial charge in [0.05, 0.1) is 13.0 Å². The normalized spacial score (nSPS) is 15.1. The summed E-state index contributed by atoms with van der Waals surface area (Å²) in [4.78, 5) is 39.1. The van der Waals surface area contributed by atoms with Gasteiger partial charge in [-0.1, -0.05) is 24.3 Å². The molecule has 0 N–H and O–H groups in total. The lowest BCUT2D eigenvalue weighted by atomic mass is 10.0. The predicted octanol–water partition coefficient (Wildman–Crippen LogP) is 4.88. The highest BCUT2D eigenvalue weighted by atomic mass is 16.5. The minimum absolute atomic E-state index is 0.0378. The highest BCUT2D eigenvalue weighted by Crippen LogP contribution is 2.33. The molecule has 35 heavy (non-hydrogen) atoms. The van der Waals surface area contributed by atoms with Crippen LogP contribution in [0.15, 0.2) is 66.7 Å². The molecule has 0 radical (unpaired) electrons. The number of Topliss-reactive ketones (excluding diaryl/α,β-unsaturated/α-hetero) is 1. The van der Waals surface area contributed by atoms with Crippen LogP contribution < -0.4 is 14.4 Å². The maximum Gasteiger partial charge on any atom is 0.311 e. The van der Waals surface area contributed by atoms with Gasteiger partial charge in [0.2, 0.25) is 5.91 Å². The molecule has 0 unspecified atom stereocenters. The minimum Gasteiger partial charge on any atom is -0.493 e. The van der Waals surface area contributed by atoms with Crippen LogP contribution in [0.25, 0.3) is 0 Å². The van der Waals surface area contributed by atoms with E-state index in [-0.39, 0.29) is 31.3 Å². The number of carbonyl (C=O) groups is 3. The van der Waals surface area contributed by atoms with E-state index in [1.165, 1.54) is 0 Å². The molecule has 3 aromatic rings. The third-order valence-electron chi connectivity index (χ3n) is 6.08. The molecule has 0 aromatic heterocycles. The fraction of sp³-hybridized carbons (Fsp3) is 0.250. The van der Waals surface area contributed by atoms with Gasteiger partial charge < -0.3 is 19.1 Å². The van der Waals surface area contributed by atoms with Crippen LogP contribution in [0.1, 0.15) is 27.9 Å². The molecule has 0 spiro atoms. The Hall–Kier alpha value is -4.13. The smallest absolute Gasteiger partial charge is 0.311 e. The van der Waals surface area contributed by atoms with Crippen LogP contribution in [0, 0.1) is 19.8 Å². The second-order valence-corrected chi connectivity index (χ2v) is 8.48. The molecule has 7 nitrogen and oxygen atoms in total. The number of methoxy groups -OCH3 is 1. The summed E-state index contributed by atoms with van der Waals surface area (Å²) in [7, 11) is 1.57. The quantitative estimate of drug-likeness (QED) is 0.343. The van der Waals surface area contributed by atoms with Crippen molar-refractivity contribution in [1.29, 1.82) is 0 Å². The molecule has 7 heteroatoms. The molecule has 3 aromatic carbocycles. The lowest BCUT2D eigenvalue weighted by Crippen LogP contribution is -2.27. The molecule has 1 fully saturated rings. The van der Waals surface area contributed by atoms with E-state index < -0.39 is 11.9 Å². The van der Waals surface area contributed by atoms with Gasteiger partial charge in [-0.25, -0.2) is 0 Å². The van der Waals surface area contributed by atoms with Gasteiger partial charge in [0.1, 0.15) is 5.75 Å².